The van der Waals surface area contributed by atoms with Crippen LogP contribution in [0.1, 0.15) is 10.4 Å². The van der Waals surface area contributed by atoms with E-state index in [2.05, 4.69) is 15.6 Å². The fraction of sp³-hybridized carbons (Fsp3) is 0.190. The maximum atomic E-state index is 12.7. The van der Waals surface area contributed by atoms with E-state index in [0.717, 1.165) is 11.3 Å². The van der Waals surface area contributed by atoms with Crippen LogP contribution in [-0.4, -0.2) is 44.4 Å². The van der Waals surface area contributed by atoms with Gasteiger partial charge in [0.2, 0.25) is 0 Å². The van der Waals surface area contributed by atoms with Gasteiger partial charge in [0.1, 0.15) is 17.1 Å². The van der Waals surface area contributed by atoms with Crippen molar-refractivity contribution in [2.24, 2.45) is 0 Å². The molecule has 0 aliphatic carbocycles. The van der Waals surface area contributed by atoms with Crippen molar-refractivity contribution < 1.29 is 23.7 Å². The molecule has 0 saturated heterocycles. The number of ether oxygens (including phenoxy) is 4. The Kier molecular flexibility index (Phi) is 7.27. The quantitative estimate of drug-likeness (QED) is 0.513. The van der Waals surface area contributed by atoms with E-state index in [1.165, 1.54) is 25.6 Å². The van der Waals surface area contributed by atoms with Gasteiger partial charge in [-0.05, 0) is 42.5 Å². The summed E-state index contributed by atoms with van der Waals surface area (Å²) >= 11 is 6.63. The van der Waals surface area contributed by atoms with Crippen LogP contribution in [0.3, 0.4) is 0 Å². The number of benzene rings is 2. The lowest BCUT2D eigenvalue weighted by Crippen LogP contribution is -2.34. The molecule has 0 bridgehead atoms. The SMILES string of the molecule is COc1ccc(-c2csc(NC(=S)NC(=O)c3c(OC)cccc3OC)n2)cc1OC. The summed E-state index contributed by atoms with van der Waals surface area (Å²) in [5.74, 6) is 1.55. The topological polar surface area (TPSA) is 90.9 Å². The number of carbonyl (C=O) groups is 1. The number of thiocarbonyl (C=S) groups is 1. The van der Waals surface area contributed by atoms with Crippen molar-refractivity contribution in [2.45, 2.75) is 0 Å². The molecule has 0 radical (unpaired) electrons. The lowest BCUT2D eigenvalue weighted by Gasteiger charge is -2.13. The first-order chi connectivity index (χ1) is 15.0. The van der Waals surface area contributed by atoms with Gasteiger partial charge in [0, 0.05) is 10.9 Å². The van der Waals surface area contributed by atoms with Crippen LogP contribution in [-0.2, 0) is 0 Å². The number of amides is 1. The van der Waals surface area contributed by atoms with E-state index < -0.39 is 5.91 Å². The van der Waals surface area contributed by atoms with Gasteiger partial charge in [0.05, 0.1) is 34.1 Å². The molecule has 2 aromatic carbocycles. The molecular formula is C21H21N3O5S2. The van der Waals surface area contributed by atoms with E-state index in [9.17, 15) is 4.79 Å². The van der Waals surface area contributed by atoms with Gasteiger partial charge in [-0.2, -0.15) is 0 Å². The average Bonchev–Trinajstić information content (AvgIpc) is 3.25. The van der Waals surface area contributed by atoms with E-state index in [0.29, 0.717) is 28.1 Å². The van der Waals surface area contributed by atoms with Gasteiger partial charge in [-0.15, -0.1) is 11.3 Å². The molecule has 0 saturated carbocycles. The molecule has 0 unspecified atom stereocenters. The number of thiazole rings is 1. The molecule has 1 amide bonds. The first kappa shape index (κ1) is 22.3. The summed E-state index contributed by atoms with van der Waals surface area (Å²) in [4.78, 5) is 17.2. The van der Waals surface area contributed by atoms with E-state index in [4.69, 9.17) is 31.2 Å². The van der Waals surface area contributed by atoms with E-state index >= 15 is 0 Å². The Labute approximate surface area is 189 Å². The lowest BCUT2D eigenvalue weighted by atomic mass is 10.1. The maximum Gasteiger partial charge on any atom is 0.264 e. The Bertz CT molecular complexity index is 1080. The fourth-order valence-corrected chi connectivity index (χ4v) is 3.81. The molecule has 0 aliphatic heterocycles. The summed E-state index contributed by atoms with van der Waals surface area (Å²) < 4.78 is 21.1. The van der Waals surface area contributed by atoms with Crippen LogP contribution in [0.15, 0.2) is 41.8 Å². The number of aromatic nitrogens is 1. The Morgan fingerprint density at radius 2 is 1.58 bits per heavy atom. The molecule has 31 heavy (non-hydrogen) atoms. The highest BCUT2D eigenvalue weighted by Gasteiger charge is 2.19. The second-order valence-electron chi connectivity index (χ2n) is 6.05. The third-order valence-electron chi connectivity index (χ3n) is 4.29. The number of rotatable bonds is 7. The third-order valence-corrected chi connectivity index (χ3v) is 5.25. The molecular weight excluding hydrogens is 438 g/mol. The van der Waals surface area contributed by atoms with Crippen molar-refractivity contribution in [1.29, 1.82) is 0 Å². The number of methoxy groups -OCH3 is 4. The number of hydrogen-bond donors (Lipinski definition) is 2. The second kappa shape index (κ2) is 10.1. The summed E-state index contributed by atoms with van der Waals surface area (Å²) in [5, 5.41) is 8.06. The van der Waals surface area contributed by atoms with Crippen molar-refractivity contribution in [3.8, 4) is 34.3 Å². The minimum absolute atomic E-state index is 0.103. The summed E-state index contributed by atoms with van der Waals surface area (Å²) in [7, 11) is 6.12. The predicted octanol–water partition coefficient (Wildman–Crippen LogP) is 3.97. The highest BCUT2D eigenvalue weighted by molar-refractivity contribution is 7.80. The minimum atomic E-state index is -0.455. The molecule has 0 fully saturated rings. The molecule has 0 spiro atoms. The van der Waals surface area contributed by atoms with Crippen molar-refractivity contribution in [1.82, 2.24) is 10.3 Å². The van der Waals surface area contributed by atoms with Gasteiger partial charge in [-0.3, -0.25) is 10.1 Å². The van der Waals surface area contributed by atoms with Crippen molar-refractivity contribution >= 4 is 39.7 Å². The number of anilines is 1. The largest absolute Gasteiger partial charge is 0.496 e. The van der Waals surface area contributed by atoms with Crippen molar-refractivity contribution in [2.75, 3.05) is 33.8 Å². The van der Waals surface area contributed by atoms with E-state index in [1.54, 1.807) is 32.4 Å². The van der Waals surface area contributed by atoms with Crippen LogP contribution in [0.2, 0.25) is 0 Å². The summed E-state index contributed by atoms with van der Waals surface area (Å²) in [6, 6.07) is 10.6. The third kappa shape index (κ3) is 5.04. The predicted molar refractivity (Wildman–Crippen MR) is 124 cm³/mol. The van der Waals surface area contributed by atoms with Crippen molar-refractivity contribution in [3.05, 3.63) is 47.3 Å². The molecule has 162 valence electrons. The van der Waals surface area contributed by atoms with Crippen LogP contribution in [0.5, 0.6) is 23.0 Å². The molecule has 10 heteroatoms. The van der Waals surface area contributed by atoms with Gasteiger partial charge in [-0.25, -0.2) is 4.98 Å². The van der Waals surface area contributed by atoms with Gasteiger partial charge in [0.15, 0.2) is 21.7 Å². The smallest absolute Gasteiger partial charge is 0.264 e. The molecule has 3 aromatic rings. The summed E-state index contributed by atoms with van der Waals surface area (Å²) in [6.45, 7) is 0. The second-order valence-corrected chi connectivity index (χ2v) is 7.32. The highest BCUT2D eigenvalue weighted by Crippen LogP contribution is 2.33. The molecule has 0 atom stereocenters. The average molecular weight is 460 g/mol. The number of carbonyl (C=O) groups excluding carboxylic acids is 1. The summed E-state index contributed by atoms with van der Waals surface area (Å²) in [6.07, 6.45) is 0. The zero-order valence-corrected chi connectivity index (χ0v) is 19.0. The Morgan fingerprint density at radius 1 is 0.935 bits per heavy atom. The molecule has 3 rings (SSSR count). The highest BCUT2D eigenvalue weighted by atomic mass is 32.1. The summed E-state index contributed by atoms with van der Waals surface area (Å²) in [5.41, 5.74) is 1.84. The first-order valence-electron chi connectivity index (χ1n) is 9.02. The lowest BCUT2D eigenvalue weighted by molar-refractivity contribution is 0.0971. The zero-order chi connectivity index (χ0) is 22.4. The van der Waals surface area contributed by atoms with Gasteiger partial charge in [-0.1, -0.05) is 6.07 Å². The molecule has 2 N–H and O–H groups in total. The fourth-order valence-electron chi connectivity index (χ4n) is 2.83. The monoisotopic (exact) mass is 459 g/mol. The molecule has 1 heterocycles. The minimum Gasteiger partial charge on any atom is -0.496 e. The number of nitrogens with zero attached hydrogens (tertiary/aromatic N) is 1. The van der Waals surface area contributed by atoms with E-state index in [-0.39, 0.29) is 10.7 Å². The normalized spacial score (nSPS) is 10.2. The molecule has 0 aliphatic rings. The maximum absolute atomic E-state index is 12.7. The van der Waals surface area contributed by atoms with E-state index in [1.807, 2.05) is 23.6 Å². The zero-order valence-electron chi connectivity index (χ0n) is 17.3. The van der Waals surface area contributed by atoms with Crippen LogP contribution >= 0.6 is 23.6 Å². The van der Waals surface area contributed by atoms with Crippen LogP contribution in [0, 0.1) is 0 Å². The molecule has 8 nitrogen and oxygen atoms in total. The van der Waals surface area contributed by atoms with Crippen molar-refractivity contribution in [3.63, 3.8) is 0 Å². The van der Waals surface area contributed by atoms with Crippen LogP contribution in [0.25, 0.3) is 11.3 Å². The molecule has 1 aromatic heterocycles. The Morgan fingerprint density at radius 3 is 2.19 bits per heavy atom. The Hall–Kier alpha value is -3.37. The van der Waals surface area contributed by atoms with Gasteiger partial charge < -0.3 is 24.3 Å². The number of hydrogen-bond acceptors (Lipinski definition) is 8. The van der Waals surface area contributed by atoms with Gasteiger partial charge in [0.25, 0.3) is 5.91 Å². The number of nitrogens with one attached hydrogen (secondary N) is 2. The standard InChI is InChI=1S/C21H21N3O5S2/c1-26-14-9-8-12(10-17(14)29-4)13-11-31-21(22-13)24-20(30)23-19(25)18-15(27-2)6-5-7-16(18)28-3/h5-11H,1-4H3,(H2,22,23,24,25,30). The Balaban J connectivity index is 1.72. The van der Waals surface area contributed by atoms with Crippen LogP contribution in [0.4, 0.5) is 5.13 Å². The van der Waals surface area contributed by atoms with Gasteiger partial charge >= 0.3 is 0 Å². The first-order valence-corrected chi connectivity index (χ1v) is 10.3. The van der Waals surface area contributed by atoms with Crippen LogP contribution < -0.4 is 29.6 Å².